The fraction of sp³-hybridized carbons (Fsp3) is 0.526. The smallest absolute Gasteiger partial charge is 0.0901 e. The van der Waals surface area contributed by atoms with E-state index in [0.717, 1.165) is 30.3 Å². The molecule has 0 aliphatic carbocycles. The molecular formula is C19H26ClN3O. The van der Waals surface area contributed by atoms with Gasteiger partial charge in [0.15, 0.2) is 0 Å². The highest BCUT2D eigenvalue weighted by atomic mass is 35.5. The predicted molar refractivity (Wildman–Crippen MR) is 97.4 cm³/mol. The van der Waals surface area contributed by atoms with Crippen LogP contribution >= 0.6 is 11.6 Å². The molecule has 4 nitrogen and oxygen atoms in total. The molecule has 0 spiro atoms. The number of aromatic nitrogens is 2. The molecule has 0 unspecified atom stereocenters. The van der Waals surface area contributed by atoms with Crippen molar-refractivity contribution in [3.8, 4) is 0 Å². The largest absolute Gasteiger partial charge is 0.373 e. The summed E-state index contributed by atoms with van der Waals surface area (Å²) in [6.07, 6.45) is 1.22. The number of benzene rings is 1. The zero-order valence-electron chi connectivity index (χ0n) is 14.8. The Labute approximate surface area is 149 Å². The number of nitrogens with one attached hydrogen (secondary N) is 1. The molecule has 1 aromatic carbocycles. The summed E-state index contributed by atoms with van der Waals surface area (Å²) in [5.41, 5.74) is 4.80. The topological polar surface area (TPSA) is 39.1 Å². The lowest BCUT2D eigenvalue weighted by Gasteiger charge is -2.22. The van der Waals surface area contributed by atoms with Crippen LogP contribution in [0.15, 0.2) is 24.3 Å². The number of ether oxygens (including phenoxy) is 1. The van der Waals surface area contributed by atoms with Crippen LogP contribution in [0.1, 0.15) is 48.0 Å². The van der Waals surface area contributed by atoms with Crippen molar-refractivity contribution in [2.24, 2.45) is 13.0 Å². The van der Waals surface area contributed by atoms with E-state index in [1.807, 2.05) is 23.9 Å². The summed E-state index contributed by atoms with van der Waals surface area (Å²) in [6.45, 7) is 8.14. The van der Waals surface area contributed by atoms with Gasteiger partial charge in [-0.15, -0.1) is 0 Å². The Hall–Kier alpha value is -1.36. The van der Waals surface area contributed by atoms with E-state index in [9.17, 15) is 0 Å². The number of halogens is 1. The van der Waals surface area contributed by atoms with Crippen LogP contribution in [0, 0.1) is 19.8 Å². The van der Waals surface area contributed by atoms with E-state index < -0.39 is 0 Å². The molecule has 1 N–H and O–H groups in total. The summed E-state index contributed by atoms with van der Waals surface area (Å²) in [7, 11) is 2.00. The third-order valence-corrected chi connectivity index (χ3v) is 5.37. The molecule has 0 saturated carbocycles. The summed E-state index contributed by atoms with van der Waals surface area (Å²) in [4.78, 5) is 0. The molecule has 1 fully saturated rings. The second kappa shape index (κ2) is 7.26. The molecule has 5 heteroatoms. The van der Waals surface area contributed by atoms with Crippen molar-refractivity contribution in [2.75, 3.05) is 13.2 Å². The third-order valence-electron chi connectivity index (χ3n) is 5.12. The highest BCUT2D eigenvalue weighted by Crippen LogP contribution is 2.37. The second-order valence-corrected chi connectivity index (χ2v) is 7.17. The fourth-order valence-electron chi connectivity index (χ4n) is 3.56. The number of hydrogen-bond donors (Lipinski definition) is 1. The summed E-state index contributed by atoms with van der Waals surface area (Å²) >= 11 is 5.97. The van der Waals surface area contributed by atoms with Gasteiger partial charge in [-0.05, 0) is 44.9 Å². The Morgan fingerprint density at radius 1 is 1.33 bits per heavy atom. The molecule has 2 heterocycles. The van der Waals surface area contributed by atoms with E-state index in [4.69, 9.17) is 16.3 Å². The van der Waals surface area contributed by atoms with Crippen molar-refractivity contribution in [3.05, 3.63) is 51.8 Å². The summed E-state index contributed by atoms with van der Waals surface area (Å²) in [5.74, 6) is 0.473. The van der Waals surface area contributed by atoms with Crippen LogP contribution in [0.3, 0.4) is 0 Å². The van der Waals surface area contributed by atoms with Crippen LogP contribution in [0.5, 0.6) is 0 Å². The minimum absolute atomic E-state index is 0.142. The molecule has 1 saturated heterocycles. The maximum atomic E-state index is 6.07. The Bertz CT molecular complexity index is 695. The minimum Gasteiger partial charge on any atom is -0.373 e. The second-order valence-electron chi connectivity index (χ2n) is 6.73. The highest BCUT2D eigenvalue weighted by Gasteiger charge is 2.33. The van der Waals surface area contributed by atoms with Gasteiger partial charge in [-0.1, -0.05) is 23.7 Å². The molecular weight excluding hydrogens is 322 g/mol. The first kappa shape index (κ1) is 17.5. The maximum absolute atomic E-state index is 6.07. The zero-order valence-corrected chi connectivity index (χ0v) is 15.6. The van der Waals surface area contributed by atoms with E-state index in [0.29, 0.717) is 12.0 Å². The van der Waals surface area contributed by atoms with Crippen molar-refractivity contribution >= 4 is 11.6 Å². The first-order valence-electron chi connectivity index (χ1n) is 8.58. The monoisotopic (exact) mass is 347 g/mol. The third kappa shape index (κ3) is 3.51. The van der Waals surface area contributed by atoms with Gasteiger partial charge in [-0.25, -0.2) is 0 Å². The molecule has 24 heavy (non-hydrogen) atoms. The van der Waals surface area contributed by atoms with E-state index in [-0.39, 0.29) is 6.10 Å². The van der Waals surface area contributed by atoms with Gasteiger partial charge in [0, 0.05) is 48.4 Å². The summed E-state index contributed by atoms with van der Waals surface area (Å²) < 4.78 is 8.02. The standard InChI is InChI=1S/C19H26ClN3O/c1-12(15-5-7-17(20)8-6-15)21-11-16-9-10-24-19(16)18-13(2)22-23(4)14(18)3/h5-8,12,16,19,21H,9-11H2,1-4H3/t12-,16-,19+/m0/s1. The Kier molecular flexibility index (Phi) is 5.28. The molecule has 1 aromatic heterocycles. The molecule has 1 aliphatic heterocycles. The number of rotatable bonds is 5. The molecule has 1 aliphatic rings. The molecule has 3 rings (SSSR count). The van der Waals surface area contributed by atoms with Crippen molar-refractivity contribution in [2.45, 2.75) is 39.3 Å². The first-order chi connectivity index (χ1) is 11.5. The Morgan fingerprint density at radius 2 is 2.04 bits per heavy atom. The van der Waals surface area contributed by atoms with Crippen LogP contribution in [0.2, 0.25) is 5.02 Å². The average molecular weight is 348 g/mol. The molecule has 3 atom stereocenters. The van der Waals surface area contributed by atoms with Crippen LogP contribution in [0.4, 0.5) is 0 Å². The van der Waals surface area contributed by atoms with Crippen molar-refractivity contribution in [1.82, 2.24) is 15.1 Å². The van der Waals surface area contributed by atoms with Crippen molar-refractivity contribution < 1.29 is 4.74 Å². The first-order valence-corrected chi connectivity index (χ1v) is 8.95. The maximum Gasteiger partial charge on any atom is 0.0901 e. The predicted octanol–water partition coefficient (Wildman–Crippen LogP) is 4.12. The number of nitrogens with zero attached hydrogens (tertiary/aromatic N) is 2. The van der Waals surface area contributed by atoms with E-state index in [2.05, 4.69) is 43.3 Å². The van der Waals surface area contributed by atoms with Crippen LogP contribution in [-0.2, 0) is 11.8 Å². The van der Waals surface area contributed by atoms with Gasteiger partial charge in [0.1, 0.15) is 0 Å². The highest BCUT2D eigenvalue weighted by molar-refractivity contribution is 6.30. The van der Waals surface area contributed by atoms with Crippen molar-refractivity contribution in [3.63, 3.8) is 0 Å². The van der Waals surface area contributed by atoms with Crippen molar-refractivity contribution in [1.29, 1.82) is 0 Å². The average Bonchev–Trinajstić information content (AvgIpc) is 3.10. The van der Waals surface area contributed by atoms with Crippen LogP contribution < -0.4 is 5.32 Å². The lowest BCUT2D eigenvalue weighted by atomic mass is 9.93. The Balaban J connectivity index is 1.67. The summed E-state index contributed by atoms with van der Waals surface area (Å²) in [5, 5.41) is 8.98. The molecule has 0 radical (unpaired) electrons. The minimum atomic E-state index is 0.142. The molecule has 0 amide bonds. The van der Waals surface area contributed by atoms with Gasteiger partial charge < -0.3 is 10.1 Å². The Morgan fingerprint density at radius 3 is 2.67 bits per heavy atom. The van der Waals surface area contributed by atoms with E-state index in [1.54, 1.807) is 0 Å². The normalized spacial score (nSPS) is 22.0. The number of aryl methyl sites for hydroxylation is 2. The SMILES string of the molecule is Cc1nn(C)c(C)c1[C@@H]1OCC[C@H]1CN[C@@H](C)c1ccc(Cl)cc1. The molecule has 0 bridgehead atoms. The van der Waals surface area contributed by atoms with Gasteiger partial charge in [0.05, 0.1) is 11.8 Å². The summed E-state index contributed by atoms with van der Waals surface area (Å²) in [6, 6.07) is 8.34. The van der Waals surface area contributed by atoms with Gasteiger partial charge in [0.25, 0.3) is 0 Å². The van der Waals surface area contributed by atoms with Crippen LogP contribution in [-0.4, -0.2) is 22.9 Å². The molecule has 2 aromatic rings. The van der Waals surface area contributed by atoms with E-state index in [1.165, 1.54) is 16.8 Å². The van der Waals surface area contributed by atoms with Gasteiger partial charge in [-0.2, -0.15) is 5.10 Å². The molecule has 130 valence electrons. The van der Waals surface area contributed by atoms with Crippen LogP contribution in [0.25, 0.3) is 0 Å². The van der Waals surface area contributed by atoms with Gasteiger partial charge in [-0.3, -0.25) is 4.68 Å². The van der Waals surface area contributed by atoms with E-state index >= 15 is 0 Å². The number of hydrogen-bond acceptors (Lipinski definition) is 3. The lowest BCUT2D eigenvalue weighted by Crippen LogP contribution is -2.27. The fourth-order valence-corrected chi connectivity index (χ4v) is 3.69. The quantitative estimate of drug-likeness (QED) is 0.884. The van der Waals surface area contributed by atoms with Gasteiger partial charge in [0.2, 0.25) is 0 Å². The zero-order chi connectivity index (χ0) is 17.3. The lowest BCUT2D eigenvalue weighted by molar-refractivity contribution is 0.0888. The van der Waals surface area contributed by atoms with Gasteiger partial charge >= 0.3 is 0 Å².